The summed E-state index contributed by atoms with van der Waals surface area (Å²) in [5.74, 6) is 0. The van der Waals surface area contributed by atoms with Gasteiger partial charge in [-0.2, -0.15) is 0 Å². The van der Waals surface area contributed by atoms with E-state index in [0.29, 0.717) is 10.0 Å². The molecule has 27 heavy (non-hydrogen) atoms. The molecular weight excluding hydrogens is 403 g/mol. The fraction of sp³-hybridized carbons (Fsp3) is 0.381. The SMILES string of the molecule is Clc1ccc(C[N+]2=CCC3(CCN(Cc4ccc(Cl)c(Cl)c4)CC3)O2)cc1. The predicted octanol–water partition coefficient (Wildman–Crippen LogP) is 5.60. The van der Waals surface area contributed by atoms with Crippen LogP contribution in [0.15, 0.2) is 42.5 Å². The molecule has 4 rings (SSSR count). The molecule has 0 radical (unpaired) electrons. The van der Waals surface area contributed by atoms with Gasteiger partial charge >= 0.3 is 0 Å². The summed E-state index contributed by atoms with van der Waals surface area (Å²) in [4.78, 5) is 8.79. The Morgan fingerprint density at radius 3 is 2.33 bits per heavy atom. The van der Waals surface area contributed by atoms with Gasteiger partial charge in [0.2, 0.25) is 6.54 Å². The third-order valence-corrected chi connectivity index (χ3v) is 6.38. The van der Waals surface area contributed by atoms with Crippen LogP contribution in [0.5, 0.6) is 0 Å². The Hall–Kier alpha value is -1.26. The molecule has 0 unspecified atom stereocenters. The summed E-state index contributed by atoms with van der Waals surface area (Å²) in [5, 5.41) is 1.98. The van der Waals surface area contributed by atoms with Gasteiger partial charge in [0, 0.05) is 43.1 Å². The summed E-state index contributed by atoms with van der Waals surface area (Å²) in [5.41, 5.74) is 2.34. The van der Waals surface area contributed by atoms with E-state index < -0.39 is 0 Å². The number of rotatable bonds is 4. The average molecular weight is 425 g/mol. The fourth-order valence-electron chi connectivity index (χ4n) is 3.77. The Morgan fingerprint density at radius 1 is 0.926 bits per heavy atom. The molecule has 142 valence electrons. The van der Waals surface area contributed by atoms with Crippen LogP contribution in [-0.2, 0) is 17.9 Å². The number of hydroxylamine groups is 1. The van der Waals surface area contributed by atoms with Gasteiger partial charge < -0.3 is 0 Å². The number of nitrogens with zero attached hydrogens (tertiary/aromatic N) is 2. The van der Waals surface area contributed by atoms with Crippen molar-refractivity contribution in [2.24, 2.45) is 0 Å². The Kier molecular flexibility index (Phi) is 5.65. The largest absolute Gasteiger partial charge is 0.299 e. The maximum absolute atomic E-state index is 6.34. The third kappa shape index (κ3) is 4.60. The van der Waals surface area contributed by atoms with Crippen LogP contribution in [-0.4, -0.2) is 34.5 Å². The molecule has 2 aromatic rings. The normalized spacial score (nSPS) is 19.1. The van der Waals surface area contributed by atoms with E-state index in [4.69, 9.17) is 39.6 Å². The summed E-state index contributed by atoms with van der Waals surface area (Å²) in [6.07, 6.45) is 5.22. The van der Waals surface area contributed by atoms with Crippen LogP contribution in [0.25, 0.3) is 0 Å². The van der Waals surface area contributed by atoms with Crippen molar-refractivity contribution in [2.45, 2.75) is 38.0 Å². The lowest BCUT2D eigenvalue weighted by Gasteiger charge is -2.35. The molecule has 0 aliphatic carbocycles. The van der Waals surface area contributed by atoms with Crippen molar-refractivity contribution in [3.8, 4) is 0 Å². The number of hydrogen-bond acceptors (Lipinski definition) is 2. The molecule has 2 heterocycles. The molecule has 1 spiro atoms. The third-order valence-electron chi connectivity index (χ3n) is 5.39. The van der Waals surface area contributed by atoms with Crippen LogP contribution >= 0.6 is 34.8 Å². The van der Waals surface area contributed by atoms with Gasteiger partial charge in [-0.05, 0) is 34.6 Å². The maximum atomic E-state index is 6.34. The minimum Gasteiger partial charge on any atom is -0.299 e. The number of halogens is 3. The Bertz CT molecular complexity index is 843. The monoisotopic (exact) mass is 423 g/mol. The van der Waals surface area contributed by atoms with E-state index in [1.54, 1.807) is 0 Å². The van der Waals surface area contributed by atoms with E-state index in [9.17, 15) is 0 Å². The van der Waals surface area contributed by atoms with Gasteiger partial charge in [-0.15, -0.1) is 0 Å². The second-order valence-corrected chi connectivity index (χ2v) is 8.64. The van der Waals surface area contributed by atoms with Gasteiger partial charge in [-0.1, -0.05) is 53.0 Å². The number of hydrogen-bond donors (Lipinski definition) is 0. The van der Waals surface area contributed by atoms with Crippen LogP contribution in [0.3, 0.4) is 0 Å². The molecule has 0 amide bonds. The topological polar surface area (TPSA) is 15.5 Å². The quantitative estimate of drug-likeness (QED) is 0.594. The minimum atomic E-state index is -0.0550. The first-order chi connectivity index (χ1) is 13.0. The molecule has 2 aliphatic heterocycles. The zero-order valence-electron chi connectivity index (χ0n) is 15.0. The van der Waals surface area contributed by atoms with Gasteiger partial charge in [-0.3, -0.25) is 9.74 Å². The molecule has 0 bridgehead atoms. The van der Waals surface area contributed by atoms with E-state index >= 15 is 0 Å². The zero-order valence-corrected chi connectivity index (χ0v) is 17.3. The smallest absolute Gasteiger partial charge is 0.217 e. The fourth-order valence-corrected chi connectivity index (χ4v) is 4.21. The van der Waals surface area contributed by atoms with Crippen molar-refractivity contribution in [1.82, 2.24) is 4.90 Å². The molecule has 3 nitrogen and oxygen atoms in total. The number of likely N-dealkylation sites (tertiary alicyclic amines) is 1. The van der Waals surface area contributed by atoms with E-state index in [1.807, 2.05) is 47.2 Å². The molecule has 1 fully saturated rings. The highest BCUT2D eigenvalue weighted by Crippen LogP contribution is 2.33. The molecular formula is C21H22Cl3N2O+. The molecule has 2 aliphatic rings. The highest BCUT2D eigenvalue weighted by Gasteiger charge is 2.45. The van der Waals surface area contributed by atoms with Gasteiger partial charge in [-0.25, -0.2) is 0 Å². The van der Waals surface area contributed by atoms with Crippen molar-refractivity contribution in [2.75, 3.05) is 13.1 Å². The molecule has 0 atom stereocenters. The van der Waals surface area contributed by atoms with Gasteiger partial charge in [0.25, 0.3) is 0 Å². The van der Waals surface area contributed by atoms with Crippen LogP contribution < -0.4 is 0 Å². The van der Waals surface area contributed by atoms with Crippen molar-refractivity contribution < 1.29 is 9.58 Å². The lowest BCUT2D eigenvalue weighted by molar-refractivity contribution is -0.806. The number of piperidine rings is 1. The summed E-state index contributed by atoms with van der Waals surface area (Å²) < 4.78 is 1.98. The number of benzene rings is 2. The molecule has 1 saturated heterocycles. The first-order valence-corrected chi connectivity index (χ1v) is 10.3. The van der Waals surface area contributed by atoms with E-state index in [0.717, 1.165) is 50.5 Å². The summed E-state index contributed by atoms with van der Waals surface area (Å²) in [6.45, 7) is 3.68. The highest BCUT2D eigenvalue weighted by molar-refractivity contribution is 6.42. The summed E-state index contributed by atoms with van der Waals surface area (Å²) >= 11 is 18.1. The zero-order chi connectivity index (χ0) is 18.9. The van der Waals surface area contributed by atoms with Crippen LogP contribution in [0, 0.1) is 0 Å². The van der Waals surface area contributed by atoms with Crippen LogP contribution in [0.4, 0.5) is 0 Å². The van der Waals surface area contributed by atoms with Crippen molar-refractivity contribution in [1.29, 1.82) is 0 Å². The Morgan fingerprint density at radius 2 is 1.63 bits per heavy atom. The minimum absolute atomic E-state index is 0.0550. The molecule has 0 saturated carbocycles. The van der Waals surface area contributed by atoms with Gasteiger partial charge in [0.15, 0.2) is 11.8 Å². The van der Waals surface area contributed by atoms with Gasteiger partial charge in [0.1, 0.15) is 0 Å². The molecule has 0 aromatic heterocycles. The first-order valence-electron chi connectivity index (χ1n) is 9.21. The molecule has 2 aromatic carbocycles. The van der Waals surface area contributed by atoms with E-state index in [2.05, 4.69) is 11.1 Å². The van der Waals surface area contributed by atoms with E-state index in [-0.39, 0.29) is 5.60 Å². The first kappa shape index (κ1) is 19.1. The standard InChI is InChI=1S/C21H22Cl3N2O/c22-18-4-1-16(2-5-18)15-26-12-9-21(27-26)7-10-25(11-8-21)14-17-3-6-19(23)20(24)13-17/h1-6,12-13H,7-11,14-15H2/q+1. The van der Waals surface area contributed by atoms with E-state index in [1.165, 1.54) is 11.1 Å². The lowest BCUT2D eigenvalue weighted by atomic mass is 9.89. The summed E-state index contributed by atoms with van der Waals surface area (Å²) in [6, 6.07) is 13.8. The molecule has 0 N–H and O–H groups in total. The molecule has 6 heteroatoms. The second kappa shape index (κ2) is 8.00. The van der Waals surface area contributed by atoms with Crippen LogP contribution in [0.1, 0.15) is 30.4 Å². The van der Waals surface area contributed by atoms with Crippen LogP contribution in [0.2, 0.25) is 15.1 Å². The van der Waals surface area contributed by atoms with Crippen molar-refractivity contribution in [3.05, 3.63) is 68.7 Å². The van der Waals surface area contributed by atoms with Crippen molar-refractivity contribution in [3.63, 3.8) is 0 Å². The predicted molar refractivity (Wildman–Crippen MR) is 111 cm³/mol. The summed E-state index contributed by atoms with van der Waals surface area (Å²) in [7, 11) is 0. The van der Waals surface area contributed by atoms with Crippen molar-refractivity contribution >= 4 is 41.0 Å². The van der Waals surface area contributed by atoms with Gasteiger partial charge in [0.05, 0.1) is 16.5 Å². The second-order valence-electron chi connectivity index (χ2n) is 7.39. The average Bonchev–Trinajstić information content (AvgIpc) is 3.05. The Balaban J connectivity index is 1.30. The lowest BCUT2D eigenvalue weighted by Crippen LogP contribution is -2.44. The maximum Gasteiger partial charge on any atom is 0.217 e. The highest BCUT2D eigenvalue weighted by atomic mass is 35.5. The Labute approximate surface area is 175 Å².